The quantitative estimate of drug-likeness (QED) is 0.612. The molecule has 1 heterocycles. The zero-order valence-electron chi connectivity index (χ0n) is 13.3. The highest BCUT2D eigenvalue weighted by Gasteiger charge is 2.07. The van der Waals surface area contributed by atoms with E-state index >= 15 is 0 Å². The van der Waals surface area contributed by atoms with Gasteiger partial charge in [-0.2, -0.15) is 5.10 Å². The minimum absolute atomic E-state index is 0.0647. The number of nitrogens with zero attached hydrogens (tertiary/aromatic N) is 2. The Morgan fingerprint density at radius 1 is 0.875 bits per heavy atom. The van der Waals surface area contributed by atoms with Gasteiger partial charge < -0.3 is 5.11 Å². The highest BCUT2D eigenvalue weighted by molar-refractivity contribution is 5.96. The molecule has 0 aliphatic heterocycles. The number of rotatable bonds is 4. The SMILES string of the molecule is OCc1ccc2c(-c3cnn(Cc4ccccc4)c3)cccc2c1. The van der Waals surface area contributed by atoms with Gasteiger partial charge in [-0.15, -0.1) is 0 Å². The molecule has 3 heteroatoms. The molecule has 118 valence electrons. The fourth-order valence-electron chi connectivity index (χ4n) is 3.04. The summed E-state index contributed by atoms with van der Waals surface area (Å²) in [7, 11) is 0. The van der Waals surface area contributed by atoms with Crippen LogP contribution >= 0.6 is 0 Å². The summed E-state index contributed by atoms with van der Waals surface area (Å²) in [5, 5.41) is 16.1. The number of hydrogen-bond acceptors (Lipinski definition) is 2. The summed E-state index contributed by atoms with van der Waals surface area (Å²) in [5.41, 5.74) is 4.43. The van der Waals surface area contributed by atoms with E-state index in [9.17, 15) is 5.11 Å². The van der Waals surface area contributed by atoms with Crippen molar-refractivity contribution < 1.29 is 5.11 Å². The monoisotopic (exact) mass is 314 g/mol. The Morgan fingerprint density at radius 2 is 1.75 bits per heavy atom. The lowest BCUT2D eigenvalue weighted by molar-refractivity contribution is 0.282. The predicted molar refractivity (Wildman–Crippen MR) is 96.6 cm³/mol. The van der Waals surface area contributed by atoms with Gasteiger partial charge in [-0.05, 0) is 33.5 Å². The van der Waals surface area contributed by atoms with E-state index in [4.69, 9.17) is 0 Å². The minimum Gasteiger partial charge on any atom is -0.392 e. The second-order valence-corrected chi connectivity index (χ2v) is 5.93. The Balaban J connectivity index is 1.70. The lowest BCUT2D eigenvalue weighted by atomic mass is 9.99. The van der Waals surface area contributed by atoms with Crippen LogP contribution in [0.4, 0.5) is 0 Å². The second kappa shape index (κ2) is 6.30. The smallest absolute Gasteiger partial charge is 0.0682 e. The molecule has 0 amide bonds. The van der Waals surface area contributed by atoms with Crippen molar-refractivity contribution in [3.05, 3.63) is 90.3 Å². The fraction of sp³-hybridized carbons (Fsp3) is 0.0952. The maximum absolute atomic E-state index is 9.31. The van der Waals surface area contributed by atoms with Gasteiger partial charge in [0.15, 0.2) is 0 Å². The van der Waals surface area contributed by atoms with E-state index in [1.165, 1.54) is 10.9 Å². The van der Waals surface area contributed by atoms with Gasteiger partial charge in [0.1, 0.15) is 0 Å². The van der Waals surface area contributed by atoms with Crippen molar-refractivity contribution >= 4 is 10.8 Å². The molecule has 0 aliphatic carbocycles. The van der Waals surface area contributed by atoms with Crippen LogP contribution in [0.1, 0.15) is 11.1 Å². The van der Waals surface area contributed by atoms with Gasteiger partial charge in [-0.1, -0.05) is 60.7 Å². The third kappa shape index (κ3) is 2.82. The molecule has 0 bridgehead atoms. The van der Waals surface area contributed by atoms with Crippen molar-refractivity contribution in [2.45, 2.75) is 13.2 Å². The molecule has 0 fully saturated rings. The number of aliphatic hydroxyl groups excluding tert-OH is 1. The maximum Gasteiger partial charge on any atom is 0.0682 e. The van der Waals surface area contributed by atoms with Crippen molar-refractivity contribution in [1.29, 1.82) is 0 Å². The molecular weight excluding hydrogens is 296 g/mol. The molecule has 4 rings (SSSR count). The van der Waals surface area contributed by atoms with Crippen LogP contribution in [0.5, 0.6) is 0 Å². The average Bonchev–Trinajstić information content (AvgIpc) is 3.09. The molecule has 0 atom stereocenters. The fourth-order valence-corrected chi connectivity index (χ4v) is 3.04. The highest BCUT2D eigenvalue weighted by Crippen LogP contribution is 2.29. The molecule has 0 unspecified atom stereocenters. The molecule has 4 aromatic rings. The van der Waals surface area contributed by atoms with Gasteiger partial charge in [-0.25, -0.2) is 0 Å². The van der Waals surface area contributed by atoms with E-state index in [2.05, 4.69) is 41.6 Å². The van der Waals surface area contributed by atoms with E-state index in [1.54, 1.807) is 0 Å². The normalized spacial score (nSPS) is 11.0. The molecule has 0 aliphatic rings. The summed E-state index contributed by atoms with van der Waals surface area (Å²) in [6.45, 7) is 0.829. The van der Waals surface area contributed by atoms with Crippen molar-refractivity contribution in [2.75, 3.05) is 0 Å². The maximum atomic E-state index is 9.31. The van der Waals surface area contributed by atoms with Crippen LogP contribution in [0.25, 0.3) is 21.9 Å². The van der Waals surface area contributed by atoms with E-state index in [0.29, 0.717) is 0 Å². The van der Waals surface area contributed by atoms with Gasteiger partial charge in [-0.3, -0.25) is 4.68 Å². The molecule has 0 radical (unpaired) electrons. The third-order valence-corrected chi connectivity index (χ3v) is 4.26. The summed E-state index contributed by atoms with van der Waals surface area (Å²) >= 11 is 0. The largest absolute Gasteiger partial charge is 0.392 e. The second-order valence-electron chi connectivity index (χ2n) is 5.93. The van der Waals surface area contributed by atoms with Gasteiger partial charge >= 0.3 is 0 Å². The zero-order valence-corrected chi connectivity index (χ0v) is 13.3. The first-order valence-electron chi connectivity index (χ1n) is 8.03. The lowest BCUT2D eigenvalue weighted by Crippen LogP contribution is -1.99. The molecule has 3 aromatic carbocycles. The van der Waals surface area contributed by atoms with Crippen LogP contribution < -0.4 is 0 Å². The summed E-state index contributed by atoms with van der Waals surface area (Å²) in [5.74, 6) is 0. The molecule has 0 saturated carbocycles. The topological polar surface area (TPSA) is 38.1 Å². The Kier molecular flexibility index (Phi) is 3.85. The van der Waals surface area contributed by atoms with Crippen LogP contribution in [0.3, 0.4) is 0 Å². The molecular formula is C21H18N2O. The first-order valence-corrected chi connectivity index (χ1v) is 8.03. The number of aromatic nitrogens is 2. The van der Waals surface area contributed by atoms with Crippen molar-refractivity contribution in [2.24, 2.45) is 0 Å². The predicted octanol–water partition coefficient (Wildman–Crippen LogP) is 4.24. The van der Waals surface area contributed by atoms with Crippen molar-refractivity contribution in [1.82, 2.24) is 9.78 Å². The Bertz CT molecular complexity index is 973. The van der Waals surface area contributed by atoms with Crippen LogP contribution in [0.15, 0.2) is 79.1 Å². The summed E-state index contributed by atoms with van der Waals surface area (Å²) in [4.78, 5) is 0. The first kappa shape index (κ1) is 14.7. The molecule has 3 nitrogen and oxygen atoms in total. The van der Waals surface area contributed by atoms with E-state index < -0.39 is 0 Å². The standard InChI is InChI=1S/C21H18N2O/c24-15-17-9-10-21-18(11-17)7-4-8-20(21)19-12-22-23(14-19)13-16-5-2-1-3-6-16/h1-12,14,24H,13,15H2. The van der Waals surface area contributed by atoms with Gasteiger partial charge in [0.05, 0.1) is 19.3 Å². The zero-order chi connectivity index (χ0) is 16.4. The Hall–Kier alpha value is -2.91. The third-order valence-electron chi connectivity index (χ3n) is 4.26. The van der Waals surface area contributed by atoms with Crippen LogP contribution in [0, 0.1) is 0 Å². The highest BCUT2D eigenvalue weighted by atomic mass is 16.3. The van der Waals surface area contributed by atoms with Crippen LogP contribution in [-0.2, 0) is 13.2 Å². The summed E-state index contributed by atoms with van der Waals surface area (Å²) < 4.78 is 1.96. The Morgan fingerprint density at radius 3 is 2.58 bits per heavy atom. The number of fused-ring (bicyclic) bond motifs is 1. The van der Waals surface area contributed by atoms with Crippen molar-refractivity contribution in [3.8, 4) is 11.1 Å². The average molecular weight is 314 g/mol. The minimum atomic E-state index is 0.0647. The van der Waals surface area contributed by atoms with E-state index in [-0.39, 0.29) is 6.61 Å². The van der Waals surface area contributed by atoms with Crippen LogP contribution in [-0.4, -0.2) is 14.9 Å². The van der Waals surface area contributed by atoms with Crippen LogP contribution in [0.2, 0.25) is 0 Å². The number of benzene rings is 3. The summed E-state index contributed by atoms with van der Waals surface area (Å²) in [6.07, 6.45) is 4.00. The molecule has 1 N–H and O–H groups in total. The molecule has 0 spiro atoms. The molecule has 0 saturated heterocycles. The van der Waals surface area contributed by atoms with Crippen molar-refractivity contribution in [3.63, 3.8) is 0 Å². The van der Waals surface area contributed by atoms with Gasteiger partial charge in [0, 0.05) is 11.8 Å². The lowest BCUT2D eigenvalue weighted by Gasteiger charge is -2.06. The first-order chi connectivity index (χ1) is 11.8. The van der Waals surface area contributed by atoms with E-state index in [0.717, 1.165) is 28.6 Å². The van der Waals surface area contributed by atoms with Gasteiger partial charge in [0.25, 0.3) is 0 Å². The molecule has 24 heavy (non-hydrogen) atoms. The van der Waals surface area contributed by atoms with E-state index in [1.807, 2.05) is 47.3 Å². The molecule has 1 aromatic heterocycles. The summed E-state index contributed by atoms with van der Waals surface area (Å²) in [6, 6.07) is 22.6. The van der Waals surface area contributed by atoms with Gasteiger partial charge in [0.2, 0.25) is 0 Å². The Labute approximate surface area is 140 Å². The number of aliphatic hydroxyl groups is 1. The number of hydrogen-bond donors (Lipinski definition) is 1.